The highest BCUT2D eigenvalue weighted by atomic mass is 35.7. The first kappa shape index (κ1) is 14.8. The van der Waals surface area contributed by atoms with Crippen molar-refractivity contribution in [1.82, 2.24) is 14.8 Å². The zero-order valence-corrected chi connectivity index (χ0v) is 12.9. The van der Waals surface area contributed by atoms with Gasteiger partial charge >= 0.3 is 0 Å². The van der Waals surface area contributed by atoms with Crippen LogP contribution < -0.4 is 0 Å². The van der Waals surface area contributed by atoms with E-state index in [0.29, 0.717) is 0 Å². The number of hydrogen-bond donors (Lipinski definition) is 0. The molecule has 1 saturated carbocycles. The Balaban J connectivity index is 2.42. The molecule has 0 radical (unpaired) electrons. The van der Waals surface area contributed by atoms with Crippen LogP contribution in [0.2, 0.25) is 0 Å². The van der Waals surface area contributed by atoms with Gasteiger partial charge in [-0.2, -0.15) is 0 Å². The van der Waals surface area contributed by atoms with Crippen molar-refractivity contribution >= 4 is 19.7 Å². The van der Waals surface area contributed by atoms with Gasteiger partial charge in [-0.3, -0.25) is 4.57 Å². The van der Waals surface area contributed by atoms with Gasteiger partial charge in [0.15, 0.2) is 0 Å². The molecule has 0 aliphatic heterocycles. The molecule has 19 heavy (non-hydrogen) atoms. The quantitative estimate of drug-likeness (QED) is 0.725. The zero-order chi connectivity index (χ0) is 14.0. The molecule has 0 amide bonds. The fourth-order valence-corrected chi connectivity index (χ4v) is 3.44. The predicted molar refractivity (Wildman–Crippen MR) is 73.9 cm³/mol. The van der Waals surface area contributed by atoms with E-state index in [0.717, 1.165) is 44.3 Å². The highest BCUT2D eigenvalue weighted by molar-refractivity contribution is 8.13. The minimum absolute atomic E-state index is 0.0797. The van der Waals surface area contributed by atoms with Gasteiger partial charge in [0.25, 0.3) is 14.2 Å². The van der Waals surface area contributed by atoms with E-state index in [4.69, 9.17) is 10.7 Å². The summed E-state index contributed by atoms with van der Waals surface area (Å²) < 4.78 is 24.9. The standard InChI is InChI=1S/C12H20ClN3O2S/c1-3-5-9(6-4-2)11-14-15-12(19(13,17)18)16(11)10-7-8-10/h9-10H,3-8H2,1-2H3. The Kier molecular flexibility index (Phi) is 4.50. The van der Waals surface area contributed by atoms with Crippen molar-refractivity contribution in [1.29, 1.82) is 0 Å². The predicted octanol–water partition coefficient (Wildman–Crippen LogP) is 3.22. The first-order valence-corrected chi connectivity index (χ1v) is 9.19. The lowest BCUT2D eigenvalue weighted by molar-refractivity contribution is 0.490. The summed E-state index contributed by atoms with van der Waals surface area (Å²) in [4.78, 5) is 0. The summed E-state index contributed by atoms with van der Waals surface area (Å²) in [6.45, 7) is 4.25. The molecule has 1 aliphatic rings. The fourth-order valence-electron chi connectivity index (χ4n) is 2.51. The second-order valence-corrected chi connectivity index (χ2v) is 7.61. The van der Waals surface area contributed by atoms with Crippen molar-refractivity contribution in [2.45, 2.75) is 69.5 Å². The van der Waals surface area contributed by atoms with Crippen LogP contribution in [0.1, 0.15) is 70.2 Å². The summed E-state index contributed by atoms with van der Waals surface area (Å²) in [6.07, 6.45) is 6.06. The molecule has 1 aliphatic carbocycles. The van der Waals surface area contributed by atoms with Gasteiger partial charge in [-0.25, -0.2) is 8.42 Å². The van der Waals surface area contributed by atoms with Crippen LogP contribution in [-0.2, 0) is 9.05 Å². The molecule has 1 fully saturated rings. The van der Waals surface area contributed by atoms with E-state index in [2.05, 4.69) is 24.0 Å². The lowest BCUT2D eigenvalue weighted by atomic mass is 9.97. The van der Waals surface area contributed by atoms with Crippen molar-refractivity contribution in [3.63, 3.8) is 0 Å². The number of nitrogens with zero attached hydrogens (tertiary/aromatic N) is 3. The molecule has 0 unspecified atom stereocenters. The van der Waals surface area contributed by atoms with Gasteiger partial charge in [-0.15, -0.1) is 10.2 Å². The normalized spacial score (nSPS) is 16.2. The van der Waals surface area contributed by atoms with Crippen molar-refractivity contribution in [2.24, 2.45) is 0 Å². The van der Waals surface area contributed by atoms with Crippen LogP contribution in [-0.4, -0.2) is 23.2 Å². The van der Waals surface area contributed by atoms with E-state index in [1.54, 1.807) is 4.57 Å². The highest BCUT2D eigenvalue weighted by Crippen LogP contribution is 2.40. The molecule has 0 bridgehead atoms. The molecule has 0 aromatic carbocycles. The van der Waals surface area contributed by atoms with Crippen molar-refractivity contribution in [2.75, 3.05) is 0 Å². The van der Waals surface area contributed by atoms with Crippen LogP contribution in [0.4, 0.5) is 0 Å². The summed E-state index contributed by atoms with van der Waals surface area (Å²) >= 11 is 0. The second-order valence-electron chi connectivity index (χ2n) is 5.15. The van der Waals surface area contributed by atoms with E-state index >= 15 is 0 Å². The maximum absolute atomic E-state index is 11.6. The van der Waals surface area contributed by atoms with Crippen LogP contribution in [0.5, 0.6) is 0 Å². The molecule has 0 atom stereocenters. The Morgan fingerprint density at radius 3 is 2.26 bits per heavy atom. The summed E-state index contributed by atoms with van der Waals surface area (Å²) in [6, 6.07) is 0.213. The smallest absolute Gasteiger partial charge is 0.296 e. The van der Waals surface area contributed by atoms with Crippen LogP contribution in [0.15, 0.2) is 5.16 Å². The molecule has 0 N–H and O–H groups in total. The molecule has 1 heterocycles. The van der Waals surface area contributed by atoms with E-state index in [1.807, 2.05) is 0 Å². The Morgan fingerprint density at radius 2 is 1.84 bits per heavy atom. The number of aromatic nitrogens is 3. The molecule has 108 valence electrons. The molecule has 0 saturated heterocycles. The van der Waals surface area contributed by atoms with Gasteiger partial charge in [0, 0.05) is 22.6 Å². The average molecular weight is 306 g/mol. The Labute approximate surface area is 118 Å². The van der Waals surface area contributed by atoms with E-state index in [9.17, 15) is 8.42 Å². The van der Waals surface area contributed by atoms with Gasteiger partial charge in [-0.1, -0.05) is 26.7 Å². The Hall–Kier alpha value is -0.620. The van der Waals surface area contributed by atoms with Crippen molar-refractivity contribution in [3.05, 3.63) is 5.82 Å². The summed E-state index contributed by atoms with van der Waals surface area (Å²) in [5.41, 5.74) is 0. The van der Waals surface area contributed by atoms with E-state index in [-0.39, 0.29) is 17.1 Å². The number of halogens is 1. The van der Waals surface area contributed by atoms with Crippen LogP contribution >= 0.6 is 10.7 Å². The maximum atomic E-state index is 11.6. The zero-order valence-electron chi connectivity index (χ0n) is 11.3. The molecule has 5 nitrogen and oxygen atoms in total. The Bertz CT molecular complexity index is 531. The maximum Gasteiger partial charge on any atom is 0.296 e. The number of rotatable bonds is 7. The Morgan fingerprint density at radius 1 is 1.26 bits per heavy atom. The summed E-state index contributed by atoms with van der Waals surface area (Å²) in [5.74, 6) is 1.07. The van der Waals surface area contributed by atoms with Gasteiger partial charge in [0.1, 0.15) is 5.82 Å². The highest BCUT2D eigenvalue weighted by Gasteiger charge is 2.35. The lowest BCUT2D eigenvalue weighted by Gasteiger charge is -2.16. The molecule has 7 heteroatoms. The lowest BCUT2D eigenvalue weighted by Crippen LogP contribution is -2.12. The third-order valence-electron chi connectivity index (χ3n) is 3.46. The van der Waals surface area contributed by atoms with Crippen molar-refractivity contribution in [3.8, 4) is 0 Å². The molecule has 1 aromatic rings. The molecule has 2 rings (SSSR count). The van der Waals surface area contributed by atoms with Gasteiger partial charge in [-0.05, 0) is 25.7 Å². The summed E-state index contributed by atoms with van der Waals surface area (Å²) in [7, 11) is 1.64. The topological polar surface area (TPSA) is 64.8 Å². The van der Waals surface area contributed by atoms with E-state index < -0.39 is 9.05 Å². The SMILES string of the molecule is CCCC(CCC)c1nnc(S(=O)(=O)Cl)n1C1CC1. The summed E-state index contributed by atoms with van der Waals surface area (Å²) in [5, 5.41) is 7.88. The van der Waals surface area contributed by atoms with Crippen LogP contribution in [0.25, 0.3) is 0 Å². The van der Waals surface area contributed by atoms with Gasteiger partial charge in [0.2, 0.25) is 0 Å². The van der Waals surface area contributed by atoms with Crippen LogP contribution in [0, 0.1) is 0 Å². The van der Waals surface area contributed by atoms with E-state index in [1.165, 1.54) is 0 Å². The molecule has 1 aromatic heterocycles. The van der Waals surface area contributed by atoms with Crippen molar-refractivity contribution < 1.29 is 8.42 Å². The molecular weight excluding hydrogens is 286 g/mol. The second kappa shape index (κ2) is 5.79. The first-order chi connectivity index (χ1) is 8.99. The largest absolute Gasteiger partial charge is 0.297 e. The van der Waals surface area contributed by atoms with Gasteiger partial charge < -0.3 is 0 Å². The van der Waals surface area contributed by atoms with Crippen LogP contribution in [0.3, 0.4) is 0 Å². The molecule has 0 spiro atoms. The fraction of sp³-hybridized carbons (Fsp3) is 0.833. The minimum atomic E-state index is -3.82. The third-order valence-corrected chi connectivity index (χ3v) is 4.59. The minimum Gasteiger partial charge on any atom is -0.297 e. The monoisotopic (exact) mass is 305 g/mol. The third kappa shape index (κ3) is 3.28. The molecular formula is C12H20ClN3O2S. The average Bonchev–Trinajstić information content (AvgIpc) is 3.06. The number of hydrogen-bond acceptors (Lipinski definition) is 4. The first-order valence-electron chi connectivity index (χ1n) is 6.88. The van der Waals surface area contributed by atoms with Gasteiger partial charge in [0.05, 0.1) is 0 Å².